The molecule has 12 heteroatoms. The van der Waals surface area contributed by atoms with E-state index in [9.17, 15) is 26.4 Å². The van der Waals surface area contributed by atoms with Gasteiger partial charge >= 0.3 is 0 Å². The zero-order valence-corrected chi connectivity index (χ0v) is 17.3. The zero-order chi connectivity index (χ0) is 21.5. The number of pyridine rings is 2. The van der Waals surface area contributed by atoms with E-state index in [1.54, 1.807) is 24.3 Å². The molecule has 2 amide bonds. The molecule has 0 bridgehead atoms. The molecule has 0 spiro atoms. The Hall–Kier alpha value is -2.86. The van der Waals surface area contributed by atoms with Crippen LogP contribution in [0.15, 0.2) is 48.8 Å². The highest BCUT2D eigenvalue weighted by Crippen LogP contribution is 2.35. The van der Waals surface area contributed by atoms with Gasteiger partial charge in [0.05, 0.1) is 11.4 Å². The summed E-state index contributed by atoms with van der Waals surface area (Å²) in [5, 5.41) is -2.54. The second-order valence-corrected chi connectivity index (χ2v) is 11.1. The van der Waals surface area contributed by atoms with Crippen LogP contribution in [0.2, 0.25) is 0 Å². The molecule has 0 saturated carbocycles. The van der Waals surface area contributed by atoms with Crippen LogP contribution in [0.4, 0.5) is 0 Å². The van der Waals surface area contributed by atoms with Gasteiger partial charge in [-0.2, -0.15) is 0 Å². The van der Waals surface area contributed by atoms with E-state index in [2.05, 4.69) is 9.97 Å². The number of hydrogen-bond acceptors (Lipinski definition) is 8. The van der Waals surface area contributed by atoms with Crippen molar-refractivity contribution >= 4 is 31.5 Å². The number of hydrogen-bond donors (Lipinski definition) is 0. The van der Waals surface area contributed by atoms with Gasteiger partial charge in [-0.15, -0.1) is 0 Å². The summed E-state index contributed by atoms with van der Waals surface area (Å²) in [7, 11) is -7.61. The van der Waals surface area contributed by atoms with Gasteiger partial charge in [0.15, 0.2) is 30.4 Å². The molecule has 30 heavy (non-hydrogen) atoms. The molecule has 0 radical (unpaired) electrons. The molecule has 4 rings (SSSR count). The Kier molecular flexibility index (Phi) is 5.06. The first-order valence-electron chi connectivity index (χ1n) is 9.05. The Bertz CT molecular complexity index is 1090. The fourth-order valence-corrected chi connectivity index (χ4v) is 7.32. The van der Waals surface area contributed by atoms with Crippen LogP contribution in [0.1, 0.15) is 22.1 Å². The Morgan fingerprint density at radius 3 is 1.47 bits per heavy atom. The molecule has 0 N–H and O–H groups in total. The fraction of sp³-hybridized carbons (Fsp3) is 0.333. The van der Waals surface area contributed by atoms with Crippen LogP contribution in [-0.4, -0.2) is 73.0 Å². The minimum atomic E-state index is -3.81. The number of amides is 2. The summed E-state index contributed by atoms with van der Waals surface area (Å²) in [4.78, 5) is 35.2. The van der Waals surface area contributed by atoms with Crippen LogP contribution in [0.3, 0.4) is 0 Å². The Morgan fingerprint density at radius 2 is 1.13 bits per heavy atom. The van der Waals surface area contributed by atoms with E-state index in [1.807, 2.05) is 0 Å². The monoisotopic (exact) mass is 450 g/mol. The lowest BCUT2D eigenvalue weighted by Crippen LogP contribution is -2.40. The minimum absolute atomic E-state index is 0.149. The van der Waals surface area contributed by atoms with E-state index in [-0.39, 0.29) is 24.5 Å². The SMILES string of the molecule is O=C1CS(=O)(=O)[C@H](c2ccccn2)N1CCN1C(=O)CS(=O)(=O)[C@H]1c1ccccn1. The van der Waals surface area contributed by atoms with Gasteiger partial charge in [-0.1, -0.05) is 12.1 Å². The second-order valence-electron chi connectivity index (χ2n) is 7.00. The van der Waals surface area contributed by atoms with Crippen molar-refractivity contribution in [2.24, 2.45) is 0 Å². The van der Waals surface area contributed by atoms with Crippen molar-refractivity contribution in [3.05, 3.63) is 60.2 Å². The van der Waals surface area contributed by atoms with Crippen molar-refractivity contribution in [2.75, 3.05) is 24.6 Å². The molecule has 0 unspecified atom stereocenters. The predicted octanol–water partition coefficient (Wildman–Crippen LogP) is -0.312. The quantitative estimate of drug-likeness (QED) is 0.605. The molecule has 2 atom stereocenters. The molecule has 4 heterocycles. The number of aromatic nitrogens is 2. The first-order chi connectivity index (χ1) is 14.2. The zero-order valence-electron chi connectivity index (χ0n) is 15.7. The lowest BCUT2D eigenvalue weighted by Gasteiger charge is -2.28. The maximum atomic E-state index is 12.5. The number of carbonyl (C=O) groups excluding carboxylic acids is 2. The Morgan fingerprint density at radius 1 is 0.733 bits per heavy atom. The maximum Gasteiger partial charge on any atom is 0.239 e. The number of carbonyl (C=O) groups is 2. The topological polar surface area (TPSA) is 135 Å². The van der Waals surface area contributed by atoms with E-state index in [0.717, 1.165) is 9.80 Å². The number of rotatable bonds is 5. The van der Waals surface area contributed by atoms with Gasteiger partial charge in [0.1, 0.15) is 11.5 Å². The molecule has 2 aromatic rings. The molecular weight excluding hydrogens is 432 g/mol. The molecule has 0 aliphatic carbocycles. The van der Waals surface area contributed by atoms with Crippen LogP contribution in [-0.2, 0) is 29.3 Å². The average Bonchev–Trinajstić information content (AvgIpc) is 3.07. The van der Waals surface area contributed by atoms with E-state index < -0.39 is 53.7 Å². The summed E-state index contributed by atoms with van der Waals surface area (Å²) in [6, 6.07) is 9.51. The summed E-state index contributed by atoms with van der Waals surface area (Å²) >= 11 is 0. The van der Waals surface area contributed by atoms with Gasteiger partial charge in [0.25, 0.3) is 0 Å². The smallest absolute Gasteiger partial charge is 0.239 e. The molecule has 2 fully saturated rings. The highest BCUT2D eigenvalue weighted by molar-refractivity contribution is 7.93. The van der Waals surface area contributed by atoms with Gasteiger partial charge in [-0.05, 0) is 24.3 Å². The van der Waals surface area contributed by atoms with Crippen molar-refractivity contribution in [2.45, 2.75) is 10.7 Å². The van der Waals surface area contributed by atoms with Crippen molar-refractivity contribution < 1.29 is 26.4 Å². The van der Waals surface area contributed by atoms with Crippen molar-refractivity contribution in [1.29, 1.82) is 0 Å². The van der Waals surface area contributed by atoms with Crippen LogP contribution in [0.5, 0.6) is 0 Å². The van der Waals surface area contributed by atoms with Gasteiger partial charge in [-0.25, -0.2) is 16.8 Å². The van der Waals surface area contributed by atoms with Gasteiger partial charge in [0, 0.05) is 25.5 Å². The molecular formula is C18H18N4O6S2. The normalized spacial score (nSPS) is 25.1. The second kappa shape index (κ2) is 7.43. The molecule has 10 nitrogen and oxygen atoms in total. The third-order valence-corrected chi connectivity index (χ3v) is 8.65. The van der Waals surface area contributed by atoms with Crippen molar-refractivity contribution in [1.82, 2.24) is 19.8 Å². The lowest BCUT2D eigenvalue weighted by molar-refractivity contribution is -0.132. The Balaban J connectivity index is 1.62. The third kappa shape index (κ3) is 3.56. The summed E-state index contributed by atoms with van der Waals surface area (Å²) in [5.41, 5.74) is 0.398. The molecule has 158 valence electrons. The first kappa shape index (κ1) is 20.4. The van der Waals surface area contributed by atoms with Crippen LogP contribution in [0.25, 0.3) is 0 Å². The average molecular weight is 450 g/mol. The van der Waals surface area contributed by atoms with Crippen LogP contribution in [0, 0.1) is 0 Å². The standard InChI is InChI=1S/C18H18N4O6S2/c23-15-11-29(25,26)17(13-5-1-3-7-19-13)21(15)9-10-22-16(24)12-30(27,28)18(22)14-6-2-4-8-20-14/h1-8,17-18H,9-12H2/t17-,18+. The molecule has 2 aromatic heterocycles. The van der Waals surface area contributed by atoms with Crippen molar-refractivity contribution in [3.63, 3.8) is 0 Å². The minimum Gasteiger partial charge on any atom is -0.318 e. The lowest BCUT2D eigenvalue weighted by atomic mass is 10.3. The van der Waals surface area contributed by atoms with Crippen LogP contribution < -0.4 is 0 Å². The predicted molar refractivity (Wildman–Crippen MR) is 105 cm³/mol. The molecule has 2 aliphatic rings. The third-order valence-electron chi connectivity index (χ3n) is 5.00. The summed E-state index contributed by atoms with van der Waals surface area (Å²) in [6.07, 6.45) is 2.86. The molecule has 2 saturated heterocycles. The molecule has 0 aromatic carbocycles. The first-order valence-corrected chi connectivity index (χ1v) is 12.5. The number of sulfone groups is 2. The van der Waals surface area contributed by atoms with E-state index in [4.69, 9.17) is 0 Å². The van der Waals surface area contributed by atoms with Crippen molar-refractivity contribution in [3.8, 4) is 0 Å². The molecule has 2 aliphatic heterocycles. The summed E-state index contributed by atoms with van der Waals surface area (Å²) < 4.78 is 50.2. The number of nitrogens with zero attached hydrogens (tertiary/aromatic N) is 4. The highest BCUT2D eigenvalue weighted by Gasteiger charge is 2.48. The van der Waals surface area contributed by atoms with Gasteiger partial charge in [0.2, 0.25) is 11.8 Å². The van der Waals surface area contributed by atoms with Crippen LogP contribution >= 0.6 is 0 Å². The Labute approximate surface area is 173 Å². The maximum absolute atomic E-state index is 12.5. The highest BCUT2D eigenvalue weighted by atomic mass is 32.2. The van der Waals surface area contributed by atoms with Gasteiger partial charge < -0.3 is 9.80 Å². The largest absolute Gasteiger partial charge is 0.318 e. The summed E-state index contributed by atoms with van der Waals surface area (Å²) in [5.74, 6) is -2.56. The van der Waals surface area contributed by atoms with E-state index >= 15 is 0 Å². The fourth-order valence-electron chi connectivity index (χ4n) is 3.75. The summed E-state index contributed by atoms with van der Waals surface area (Å²) in [6.45, 7) is -0.298. The van der Waals surface area contributed by atoms with E-state index in [0.29, 0.717) is 0 Å². The van der Waals surface area contributed by atoms with E-state index in [1.165, 1.54) is 24.5 Å². The van der Waals surface area contributed by atoms with Gasteiger partial charge in [-0.3, -0.25) is 19.6 Å².